The predicted octanol–water partition coefficient (Wildman–Crippen LogP) is 4.22. The summed E-state index contributed by atoms with van der Waals surface area (Å²) < 4.78 is 6.42. The van der Waals surface area contributed by atoms with Gasteiger partial charge in [-0.05, 0) is 42.3 Å². The first-order valence-electron chi connectivity index (χ1n) is 6.45. The molecule has 3 nitrogen and oxygen atoms in total. The normalized spacial score (nSPS) is 17.7. The zero-order valence-electron chi connectivity index (χ0n) is 11.0. The van der Waals surface area contributed by atoms with Gasteiger partial charge in [0.15, 0.2) is 5.75 Å². The number of ether oxygens (including phenoxy) is 1. The molecule has 0 radical (unpaired) electrons. The third-order valence-corrected chi connectivity index (χ3v) is 3.86. The average Bonchev–Trinajstić information content (AvgIpc) is 2.57. The van der Waals surface area contributed by atoms with Gasteiger partial charge in [-0.3, -0.25) is 4.79 Å². The van der Waals surface area contributed by atoms with Crippen molar-refractivity contribution < 1.29 is 9.53 Å². The summed E-state index contributed by atoms with van der Waals surface area (Å²) in [5.41, 5.74) is 2.99. The largest absolute Gasteiger partial charge is 0.424 e. The van der Waals surface area contributed by atoms with Gasteiger partial charge in [-0.2, -0.15) is 0 Å². The molecule has 0 fully saturated rings. The summed E-state index contributed by atoms with van der Waals surface area (Å²) in [6.07, 6.45) is 0.315. The molecule has 0 amide bonds. The van der Waals surface area contributed by atoms with Gasteiger partial charge in [0.05, 0.1) is 18.2 Å². The van der Waals surface area contributed by atoms with Crippen LogP contribution in [-0.2, 0) is 4.79 Å². The number of aryl methyl sites for hydroxylation is 1. The van der Waals surface area contributed by atoms with Gasteiger partial charge < -0.3 is 10.1 Å². The third-order valence-electron chi connectivity index (χ3n) is 3.33. The van der Waals surface area contributed by atoms with Gasteiger partial charge in [0, 0.05) is 4.47 Å². The lowest BCUT2D eigenvalue weighted by Gasteiger charge is -2.16. The smallest absolute Gasteiger partial charge is 0.313 e. The fraction of sp³-hybridized carbons (Fsp3) is 0.188. The van der Waals surface area contributed by atoms with E-state index in [9.17, 15) is 4.79 Å². The van der Waals surface area contributed by atoms with Crippen LogP contribution >= 0.6 is 15.9 Å². The van der Waals surface area contributed by atoms with Crippen molar-refractivity contribution in [3.05, 3.63) is 58.1 Å². The Morgan fingerprint density at radius 1 is 1.20 bits per heavy atom. The molecule has 1 heterocycles. The SMILES string of the molecule is Cc1ccc2c(c1)OC(=O)CC(c1ccc(Br)cc1)N2. The number of carbonyl (C=O) groups excluding carboxylic acids is 1. The van der Waals surface area contributed by atoms with Crippen molar-refractivity contribution in [2.24, 2.45) is 0 Å². The number of benzene rings is 2. The van der Waals surface area contributed by atoms with E-state index in [0.717, 1.165) is 21.3 Å². The molecule has 0 saturated heterocycles. The lowest BCUT2D eigenvalue weighted by molar-refractivity contribution is -0.134. The van der Waals surface area contributed by atoms with Gasteiger partial charge in [-0.25, -0.2) is 0 Å². The summed E-state index contributed by atoms with van der Waals surface area (Å²) in [5, 5.41) is 3.39. The number of rotatable bonds is 1. The number of carbonyl (C=O) groups is 1. The Morgan fingerprint density at radius 3 is 2.70 bits per heavy atom. The zero-order chi connectivity index (χ0) is 14.1. The van der Waals surface area contributed by atoms with E-state index in [4.69, 9.17) is 4.74 Å². The highest BCUT2D eigenvalue weighted by molar-refractivity contribution is 9.10. The van der Waals surface area contributed by atoms with Crippen molar-refractivity contribution in [3.8, 4) is 5.75 Å². The molecule has 1 unspecified atom stereocenters. The van der Waals surface area contributed by atoms with E-state index >= 15 is 0 Å². The van der Waals surface area contributed by atoms with Crippen molar-refractivity contribution >= 4 is 27.6 Å². The average molecular weight is 332 g/mol. The number of esters is 1. The van der Waals surface area contributed by atoms with Gasteiger partial charge in [-0.1, -0.05) is 34.1 Å². The molecule has 1 aliphatic rings. The molecule has 0 bridgehead atoms. The maximum absolute atomic E-state index is 11.9. The first kappa shape index (κ1) is 13.2. The number of nitrogens with one attached hydrogen (secondary N) is 1. The summed E-state index contributed by atoms with van der Waals surface area (Å²) >= 11 is 3.42. The van der Waals surface area contributed by atoms with Gasteiger partial charge in [0.2, 0.25) is 0 Å². The number of hydrogen-bond donors (Lipinski definition) is 1. The molecule has 1 N–H and O–H groups in total. The Balaban J connectivity index is 1.96. The standard InChI is InChI=1S/C16H14BrNO2/c1-10-2-7-13-15(8-10)20-16(19)9-14(18-13)11-3-5-12(17)6-4-11/h2-8,14,18H,9H2,1H3. The number of halogens is 1. The molecule has 0 spiro atoms. The minimum atomic E-state index is -0.213. The predicted molar refractivity (Wildman–Crippen MR) is 81.9 cm³/mol. The molecule has 2 aromatic rings. The second kappa shape index (κ2) is 5.29. The lowest BCUT2D eigenvalue weighted by Crippen LogP contribution is -2.14. The van der Waals surface area contributed by atoms with Crippen LogP contribution in [0.25, 0.3) is 0 Å². The van der Waals surface area contributed by atoms with Crippen molar-refractivity contribution in [3.63, 3.8) is 0 Å². The zero-order valence-corrected chi connectivity index (χ0v) is 12.6. The van der Waals surface area contributed by atoms with Crippen LogP contribution in [0.3, 0.4) is 0 Å². The quantitative estimate of drug-likeness (QED) is 0.628. The first-order chi connectivity index (χ1) is 9.61. The van der Waals surface area contributed by atoms with Crippen molar-refractivity contribution in [1.82, 2.24) is 0 Å². The number of fused-ring (bicyclic) bond motifs is 1. The second-order valence-electron chi connectivity index (χ2n) is 4.93. The van der Waals surface area contributed by atoms with Crippen LogP contribution in [0.5, 0.6) is 5.75 Å². The number of hydrogen-bond acceptors (Lipinski definition) is 3. The third kappa shape index (κ3) is 2.70. The lowest BCUT2D eigenvalue weighted by atomic mass is 10.0. The van der Waals surface area contributed by atoms with E-state index < -0.39 is 0 Å². The summed E-state index contributed by atoms with van der Waals surface area (Å²) in [6.45, 7) is 1.98. The molecule has 1 atom stereocenters. The maximum atomic E-state index is 11.9. The van der Waals surface area contributed by atoms with E-state index in [1.165, 1.54) is 0 Å². The highest BCUT2D eigenvalue weighted by Crippen LogP contribution is 2.34. The highest BCUT2D eigenvalue weighted by atomic mass is 79.9. The first-order valence-corrected chi connectivity index (χ1v) is 7.24. The summed E-state index contributed by atoms with van der Waals surface area (Å²) in [6, 6.07) is 13.7. The van der Waals surface area contributed by atoms with Gasteiger partial charge >= 0.3 is 5.97 Å². The van der Waals surface area contributed by atoms with E-state index in [2.05, 4.69) is 21.2 Å². The number of anilines is 1. The molecule has 1 aliphatic heterocycles. The summed E-state index contributed by atoms with van der Waals surface area (Å²) in [4.78, 5) is 11.9. The Hall–Kier alpha value is -1.81. The van der Waals surface area contributed by atoms with E-state index in [1.54, 1.807) is 0 Å². The topological polar surface area (TPSA) is 38.3 Å². The minimum absolute atomic E-state index is 0.0699. The molecule has 3 rings (SSSR count). The Kier molecular flexibility index (Phi) is 3.49. The molecular weight excluding hydrogens is 318 g/mol. The van der Waals surface area contributed by atoms with Crippen molar-refractivity contribution in [1.29, 1.82) is 0 Å². The summed E-state index contributed by atoms with van der Waals surface area (Å²) in [7, 11) is 0. The van der Waals surface area contributed by atoms with Gasteiger partial charge in [-0.15, -0.1) is 0 Å². The van der Waals surface area contributed by atoms with E-state index in [1.807, 2.05) is 49.4 Å². The monoisotopic (exact) mass is 331 g/mol. The second-order valence-corrected chi connectivity index (χ2v) is 5.84. The molecule has 4 heteroatoms. The Bertz CT molecular complexity index is 652. The van der Waals surface area contributed by atoms with Crippen LogP contribution < -0.4 is 10.1 Å². The molecule has 2 aromatic carbocycles. The van der Waals surface area contributed by atoms with E-state index in [-0.39, 0.29) is 12.0 Å². The van der Waals surface area contributed by atoms with Crippen LogP contribution in [0.1, 0.15) is 23.6 Å². The Labute approximate surface area is 126 Å². The molecular formula is C16H14BrNO2. The minimum Gasteiger partial charge on any atom is -0.424 e. The van der Waals surface area contributed by atoms with Crippen molar-refractivity contribution in [2.75, 3.05) is 5.32 Å². The molecule has 102 valence electrons. The van der Waals surface area contributed by atoms with Gasteiger partial charge in [0.25, 0.3) is 0 Å². The molecule has 0 aliphatic carbocycles. The van der Waals surface area contributed by atoms with E-state index in [0.29, 0.717) is 12.2 Å². The van der Waals surface area contributed by atoms with Crippen LogP contribution in [0.4, 0.5) is 5.69 Å². The highest BCUT2D eigenvalue weighted by Gasteiger charge is 2.23. The molecule has 0 saturated carbocycles. The Morgan fingerprint density at radius 2 is 1.95 bits per heavy atom. The molecule has 0 aromatic heterocycles. The van der Waals surface area contributed by atoms with Crippen LogP contribution in [0.15, 0.2) is 46.9 Å². The summed E-state index contributed by atoms with van der Waals surface area (Å²) in [5.74, 6) is 0.393. The fourth-order valence-electron chi connectivity index (χ4n) is 2.30. The fourth-order valence-corrected chi connectivity index (χ4v) is 2.56. The molecule has 20 heavy (non-hydrogen) atoms. The van der Waals surface area contributed by atoms with Crippen LogP contribution in [0.2, 0.25) is 0 Å². The van der Waals surface area contributed by atoms with Gasteiger partial charge in [0.1, 0.15) is 0 Å². The van der Waals surface area contributed by atoms with Crippen LogP contribution in [-0.4, -0.2) is 5.97 Å². The van der Waals surface area contributed by atoms with Crippen LogP contribution in [0, 0.1) is 6.92 Å². The van der Waals surface area contributed by atoms with Crippen molar-refractivity contribution in [2.45, 2.75) is 19.4 Å². The maximum Gasteiger partial charge on any atom is 0.313 e.